The molecule has 0 radical (unpaired) electrons. The van der Waals surface area contributed by atoms with Gasteiger partial charge in [0.1, 0.15) is 10.8 Å². The van der Waals surface area contributed by atoms with Gasteiger partial charge < -0.3 is 10.1 Å². The van der Waals surface area contributed by atoms with Gasteiger partial charge in [0.05, 0.1) is 28.8 Å². The van der Waals surface area contributed by atoms with Gasteiger partial charge in [-0.1, -0.05) is 23.7 Å². The predicted molar refractivity (Wildman–Crippen MR) is 107 cm³/mol. The van der Waals surface area contributed by atoms with E-state index in [1.54, 1.807) is 24.5 Å². The van der Waals surface area contributed by atoms with Crippen LogP contribution in [0.4, 0.5) is 5.69 Å². The van der Waals surface area contributed by atoms with Gasteiger partial charge in [0.15, 0.2) is 0 Å². The van der Waals surface area contributed by atoms with Gasteiger partial charge in [0.25, 0.3) is 0 Å². The lowest BCUT2D eigenvalue weighted by molar-refractivity contribution is -0.113. The van der Waals surface area contributed by atoms with Crippen molar-refractivity contribution >= 4 is 56.5 Å². The minimum atomic E-state index is -0.0777. The van der Waals surface area contributed by atoms with E-state index in [4.69, 9.17) is 16.3 Å². The molecule has 2 aromatic carbocycles. The molecule has 0 aliphatic heterocycles. The number of carbonyl (C=O) groups is 1. The van der Waals surface area contributed by atoms with E-state index in [0.717, 1.165) is 16.1 Å². The highest BCUT2D eigenvalue weighted by Crippen LogP contribution is 2.31. The number of rotatable bonds is 6. The highest BCUT2D eigenvalue weighted by molar-refractivity contribution is 7.99. The molecule has 0 aliphatic rings. The molecule has 1 heterocycles. The molecule has 1 N–H and O–H groups in total. The number of thiazole rings is 1. The summed E-state index contributed by atoms with van der Waals surface area (Å²) in [5.74, 6) is 1.54. The molecular formula is C18H17ClN2O2S2. The molecule has 1 aromatic heterocycles. The first-order valence-corrected chi connectivity index (χ1v) is 9.98. The Morgan fingerprint density at radius 3 is 2.92 bits per heavy atom. The Morgan fingerprint density at radius 2 is 2.16 bits per heavy atom. The number of amides is 1. The number of nitrogens with zero attached hydrogens (tertiary/aromatic N) is 1. The molecular weight excluding hydrogens is 376 g/mol. The minimum absolute atomic E-state index is 0.0777. The molecule has 3 aromatic rings. The normalized spacial score (nSPS) is 10.8. The van der Waals surface area contributed by atoms with Crippen molar-refractivity contribution in [3.63, 3.8) is 0 Å². The second-order valence-corrected chi connectivity index (χ2v) is 7.93. The smallest absolute Gasteiger partial charge is 0.234 e. The molecule has 0 saturated heterocycles. The molecule has 0 aliphatic carbocycles. The number of nitrogens with one attached hydrogen (secondary N) is 1. The SMILES string of the molecule is COc1cc(Cl)c(C)cc1NC(=O)CSCc1nc2ccccc2s1. The second kappa shape index (κ2) is 8.08. The number of aromatic nitrogens is 1. The standard InChI is InChI=1S/C18H17ClN2O2S2/c1-11-7-14(15(23-2)8-12(11)19)20-17(22)9-24-10-18-21-13-5-3-4-6-16(13)25-18/h3-8H,9-10H2,1-2H3,(H,20,22). The first kappa shape index (κ1) is 18.0. The van der Waals surface area contributed by atoms with Crippen LogP contribution in [0.2, 0.25) is 5.02 Å². The van der Waals surface area contributed by atoms with Gasteiger partial charge in [-0.15, -0.1) is 23.1 Å². The van der Waals surface area contributed by atoms with Crippen molar-refractivity contribution < 1.29 is 9.53 Å². The van der Waals surface area contributed by atoms with Crippen LogP contribution < -0.4 is 10.1 Å². The quantitative estimate of drug-likeness (QED) is 0.631. The van der Waals surface area contributed by atoms with Gasteiger partial charge in [-0.3, -0.25) is 4.79 Å². The van der Waals surface area contributed by atoms with Crippen LogP contribution in [-0.4, -0.2) is 23.8 Å². The lowest BCUT2D eigenvalue weighted by atomic mass is 10.2. The number of methoxy groups -OCH3 is 1. The molecule has 1 amide bonds. The van der Waals surface area contributed by atoms with Crippen molar-refractivity contribution in [1.29, 1.82) is 0 Å². The number of aryl methyl sites for hydroxylation is 1. The van der Waals surface area contributed by atoms with Crippen LogP contribution in [0.1, 0.15) is 10.6 Å². The zero-order valence-corrected chi connectivity index (χ0v) is 16.2. The Balaban J connectivity index is 1.57. The lowest BCUT2D eigenvalue weighted by Gasteiger charge is -2.12. The Morgan fingerprint density at radius 1 is 1.36 bits per heavy atom. The summed E-state index contributed by atoms with van der Waals surface area (Å²) in [6.45, 7) is 1.89. The van der Waals surface area contributed by atoms with Crippen LogP contribution in [0.25, 0.3) is 10.2 Å². The zero-order chi connectivity index (χ0) is 17.8. The van der Waals surface area contributed by atoms with Crippen LogP contribution >= 0.6 is 34.7 Å². The molecule has 0 saturated carbocycles. The van der Waals surface area contributed by atoms with Crippen molar-refractivity contribution in [2.24, 2.45) is 0 Å². The Kier molecular flexibility index (Phi) is 5.83. The summed E-state index contributed by atoms with van der Waals surface area (Å²) < 4.78 is 6.45. The fourth-order valence-corrected chi connectivity index (χ4v) is 4.33. The number of para-hydroxylation sites is 1. The van der Waals surface area contributed by atoms with Crippen LogP contribution in [0, 0.1) is 6.92 Å². The number of halogens is 1. The molecule has 0 spiro atoms. The Hall–Kier alpha value is -1.76. The van der Waals surface area contributed by atoms with E-state index in [9.17, 15) is 4.79 Å². The number of anilines is 1. The van der Waals surface area contributed by atoms with Gasteiger partial charge in [0.2, 0.25) is 5.91 Å². The van der Waals surface area contributed by atoms with Crippen molar-refractivity contribution in [2.75, 3.05) is 18.2 Å². The van der Waals surface area contributed by atoms with Crippen LogP contribution in [0.15, 0.2) is 36.4 Å². The third kappa shape index (κ3) is 4.45. The average molecular weight is 393 g/mol. The predicted octanol–water partition coefficient (Wildman–Crippen LogP) is 5.14. The van der Waals surface area contributed by atoms with Gasteiger partial charge >= 0.3 is 0 Å². The third-order valence-electron chi connectivity index (χ3n) is 3.55. The summed E-state index contributed by atoms with van der Waals surface area (Å²) in [7, 11) is 1.55. The van der Waals surface area contributed by atoms with E-state index < -0.39 is 0 Å². The highest BCUT2D eigenvalue weighted by atomic mass is 35.5. The van der Waals surface area contributed by atoms with Crippen LogP contribution in [-0.2, 0) is 10.5 Å². The van der Waals surface area contributed by atoms with Gasteiger partial charge in [-0.25, -0.2) is 4.98 Å². The Bertz CT molecular complexity index is 878. The molecule has 0 fully saturated rings. The fraction of sp³-hybridized carbons (Fsp3) is 0.222. The summed E-state index contributed by atoms with van der Waals surface area (Å²) in [5, 5.41) is 4.52. The summed E-state index contributed by atoms with van der Waals surface area (Å²) >= 11 is 9.29. The minimum Gasteiger partial charge on any atom is -0.495 e. The number of thioether (sulfide) groups is 1. The molecule has 3 rings (SSSR count). The fourth-order valence-electron chi connectivity index (χ4n) is 2.33. The van der Waals surface area contributed by atoms with Gasteiger partial charge in [0, 0.05) is 16.8 Å². The summed E-state index contributed by atoms with van der Waals surface area (Å²) in [6, 6.07) is 11.6. The lowest BCUT2D eigenvalue weighted by Crippen LogP contribution is -2.15. The van der Waals surface area contributed by atoms with E-state index in [1.807, 2.05) is 31.2 Å². The molecule has 0 unspecified atom stereocenters. The highest BCUT2D eigenvalue weighted by Gasteiger charge is 2.11. The van der Waals surface area contributed by atoms with Crippen LogP contribution in [0.3, 0.4) is 0 Å². The maximum atomic E-state index is 12.2. The maximum absolute atomic E-state index is 12.2. The molecule has 130 valence electrons. The molecule has 0 atom stereocenters. The zero-order valence-electron chi connectivity index (χ0n) is 13.8. The second-order valence-electron chi connectivity index (χ2n) is 5.42. The number of ether oxygens (including phenoxy) is 1. The Labute approximate surface area is 159 Å². The van der Waals surface area contributed by atoms with E-state index in [2.05, 4.69) is 16.4 Å². The molecule has 7 heteroatoms. The number of hydrogen-bond donors (Lipinski definition) is 1. The molecule has 4 nitrogen and oxygen atoms in total. The van der Waals surface area contributed by atoms with E-state index in [1.165, 1.54) is 16.5 Å². The third-order valence-corrected chi connectivity index (χ3v) is 6.12. The molecule has 25 heavy (non-hydrogen) atoms. The molecule has 0 bridgehead atoms. The first-order valence-electron chi connectivity index (χ1n) is 7.63. The van der Waals surface area contributed by atoms with E-state index in [0.29, 0.717) is 28.0 Å². The van der Waals surface area contributed by atoms with Crippen molar-refractivity contribution in [3.8, 4) is 5.75 Å². The van der Waals surface area contributed by atoms with E-state index >= 15 is 0 Å². The first-order chi connectivity index (χ1) is 12.1. The van der Waals surface area contributed by atoms with E-state index in [-0.39, 0.29) is 5.91 Å². The number of benzene rings is 2. The number of carbonyl (C=O) groups excluding carboxylic acids is 1. The van der Waals surface area contributed by atoms with Crippen molar-refractivity contribution in [1.82, 2.24) is 4.98 Å². The van der Waals surface area contributed by atoms with Crippen molar-refractivity contribution in [2.45, 2.75) is 12.7 Å². The van der Waals surface area contributed by atoms with Gasteiger partial charge in [-0.2, -0.15) is 0 Å². The number of fused-ring (bicyclic) bond motifs is 1. The van der Waals surface area contributed by atoms with Gasteiger partial charge in [-0.05, 0) is 30.7 Å². The van der Waals surface area contributed by atoms with Crippen LogP contribution in [0.5, 0.6) is 5.75 Å². The number of hydrogen-bond acceptors (Lipinski definition) is 5. The topological polar surface area (TPSA) is 51.2 Å². The van der Waals surface area contributed by atoms with Crippen molar-refractivity contribution in [3.05, 3.63) is 52.0 Å². The monoisotopic (exact) mass is 392 g/mol. The average Bonchev–Trinajstić information content (AvgIpc) is 3.00. The summed E-state index contributed by atoms with van der Waals surface area (Å²) in [4.78, 5) is 16.8. The maximum Gasteiger partial charge on any atom is 0.234 e. The summed E-state index contributed by atoms with van der Waals surface area (Å²) in [6.07, 6.45) is 0. The summed E-state index contributed by atoms with van der Waals surface area (Å²) in [5.41, 5.74) is 2.53. The largest absolute Gasteiger partial charge is 0.495 e.